The first-order valence-electron chi connectivity index (χ1n) is 9.08. The van der Waals surface area contributed by atoms with Gasteiger partial charge in [-0.25, -0.2) is 0 Å². The van der Waals surface area contributed by atoms with Gasteiger partial charge in [0.05, 0.1) is 11.7 Å². The van der Waals surface area contributed by atoms with Crippen LogP contribution in [0.5, 0.6) is 0 Å². The smallest absolute Gasteiger partial charge is 0.227 e. The van der Waals surface area contributed by atoms with E-state index in [1.807, 2.05) is 18.3 Å². The van der Waals surface area contributed by atoms with Crippen LogP contribution in [-0.4, -0.2) is 39.1 Å². The standard InChI is InChI=1S/C18H23N5OS/c24-16(20-18-22-21-17(25-18)13-7-8-13)9-12-23-11-4-2-6-15(23)14-5-1-3-10-19-14/h1,3,5,10,13,15H,2,4,6-9,11-12H2,(H,20,22,24)/t15-/m0/s1. The molecule has 3 heterocycles. The van der Waals surface area contributed by atoms with E-state index in [9.17, 15) is 4.79 Å². The first-order chi connectivity index (χ1) is 12.3. The van der Waals surface area contributed by atoms with Crippen molar-refractivity contribution in [1.29, 1.82) is 0 Å². The number of pyridine rings is 1. The van der Waals surface area contributed by atoms with E-state index in [0.29, 0.717) is 23.5 Å². The number of likely N-dealkylation sites (tertiary alicyclic amines) is 1. The zero-order valence-electron chi connectivity index (χ0n) is 14.2. The summed E-state index contributed by atoms with van der Waals surface area (Å²) >= 11 is 1.51. The highest BCUT2D eigenvalue weighted by Gasteiger charge is 2.28. The van der Waals surface area contributed by atoms with Gasteiger partial charge in [-0.05, 0) is 44.4 Å². The zero-order valence-corrected chi connectivity index (χ0v) is 15.0. The number of anilines is 1. The highest BCUT2D eigenvalue weighted by atomic mass is 32.1. The molecule has 0 aromatic carbocycles. The predicted octanol–water partition coefficient (Wildman–Crippen LogP) is 3.37. The molecule has 25 heavy (non-hydrogen) atoms. The minimum absolute atomic E-state index is 0.0174. The zero-order chi connectivity index (χ0) is 17.1. The molecule has 1 N–H and O–H groups in total. The molecule has 6 nitrogen and oxygen atoms in total. The van der Waals surface area contributed by atoms with Crippen molar-refractivity contribution in [2.24, 2.45) is 0 Å². The molecule has 0 unspecified atom stereocenters. The fraction of sp³-hybridized carbons (Fsp3) is 0.556. The van der Waals surface area contributed by atoms with Crippen molar-refractivity contribution in [2.75, 3.05) is 18.4 Å². The Labute approximate surface area is 151 Å². The van der Waals surface area contributed by atoms with Crippen molar-refractivity contribution in [3.63, 3.8) is 0 Å². The van der Waals surface area contributed by atoms with Gasteiger partial charge < -0.3 is 5.32 Å². The largest absolute Gasteiger partial charge is 0.300 e. The summed E-state index contributed by atoms with van der Waals surface area (Å²) in [4.78, 5) is 19.2. The maximum atomic E-state index is 12.3. The van der Waals surface area contributed by atoms with Gasteiger partial charge in [0, 0.05) is 25.1 Å². The Balaban J connectivity index is 1.31. The van der Waals surface area contributed by atoms with Gasteiger partial charge in [0.1, 0.15) is 5.01 Å². The number of rotatable bonds is 6. The monoisotopic (exact) mass is 357 g/mol. The van der Waals surface area contributed by atoms with Crippen LogP contribution in [0.3, 0.4) is 0 Å². The summed E-state index contributed by atoms with van der Waals surface area (Å²) in [5.74, 6) is 0.597. The fourth-order valence-corrected chi connectivity index (χ4v) is 4.30. The third-order valence-corrected chi connectivity index (χ3v) is 5.88. The summed E-state index contributed by atoms with van der Waals surface area (Å²) in [7, 11) is 0. The molecule has 0 radical (unpaired) electrons. The molecule has 1 saturated carbocycles. The molecule has 132 valence electrons. The maximum absolute atomic E-state index is 12.3. The second-order valence-corrected chi connectivity index (χ2v) is 7.83. The highest BCUT2D eigenvalue weighted by Crippen LogP contribution is 2.42. The summed E-state index contributed by atoms with van der Waals surface area (Å²) in [5, 5.41) is 12.8. The van der Waals surface area contributed by atoms with E-state index in [1.54, 1.807) is 0 Å². The summed E-state index contributed by atoms with van der Waals surface area (Å²) in [6.07, 6.45) is 8.24. The quantitative estimate of drug-likeness (QED) is 0.858. The summed E-state index contributed by atoms with van der Waals surface area (Å²) in [6, 6.07) is 6.39. The Hall–Kier alpha value is -1.86. The van der Waals surface area contributed by atoms with E-state index < -0.39 is 0 Å². The Bertz CT molecular complexity index is 715. The molecule has 1 aliphatic heterocycles. The lowest BCUT2D eigenvalue weighted by Gasteiger charge is -2.35. The van der Waals surface area contributed by atoms with Gasteiger partial charge in [0.25, 0.3) is 0 Å². The molecule has 0 bridgehead atoms. The van der Waals surface area contributed by atoms with Crippen molar-refractivity contribution in [1.82, 2.24) is 20.1 Å². The van der Waals surface area contributed by atoms with Crippen LogP contribution in [0.25, 0.3) is 0 Å². The van der Waals surface area contributed by atoms with Gasteiger partial charge in [-0.1, -0.05) is 23.8 Å². The molecule has 2 aromatic rings. The molecule has 2 fully saturated rings. The van der Waals surface area contributed by atoms with Crippen LogP contribution in [0.4, 0.5) is 5.13 Å². The number of piperidine rings is 1. The lowest BCUT2D eigenvalue weighted by atomic mass is 9.98. The number of nitrogens with one attached hydrogen (secondary N) is 1. The van der Waals surface area contributed by atoms with Crippen LogP contribution in [0, 0.1) is 0 Å². The van der Waals surface area contributed by atoms with Gasteiger partial charge in [0.15, 0.2) is 0 Å². The normalized spacial score (nSPS) is 21.2. The number of carbonyl (C=O) groups is 1. The van der Waals surface area contributed by atoms with E-state index in [2.05, 4.69) is 31.5 Å². The van der Waals surface area contributed by atoms with E-state index in [0.717, 1.165) is 30.2 Å². The minimum atomic E-state index is 0.0174. The van der Waals surface area contributed by atoms with Crippen LogP contribution in [-0.2, 0) is 4.79 Å². The molecule has 2 aromatic heterocycles. The van der Waals surface area contributed by atoms with Crippen molar-refractivity contribution >= 4 is 22.4 Å². The minimum Gasteiger partial charge on any atom is -0.300 e. The number of aromatic nitrogens is 3. The predicted molar refractivity (Wildman–Crippen MR) is 97.5 cm³/mol. The van der Waals surface area contributed by atoms with E-state index in [1.165, 1.54) is 37.0 Å². The maximum Gasteiger partial charge on any atom is 0.227 e. The summed E-state index contributed by atoms with van der Waals surface area (Å²) < 4.78 is 0. The number of amides is 1. The van der Waals surface area contributed by atoms with Gasteiger partial charge in [-0.15, -0.1) is 10.2 Å². The van der Waals surface area contributed by atoms with Gasteiger partial charge in [-0.3, -0.25) is 14.7 Å². The van der Waals surface area contributed by atoms with Crippen LogP contribution in [0.2, 0.25) is 0 Å². The van der Waals surface area contributed by atoms with Crippen LogP contribution >= 0.6 is 11.3 Å². The molecular formula is C18H23N5OS. The number of nitrogens with zero attached hydrogens (tertiary/aromatic N) is 4. The van der Waals surface area contributed by atoms with Crippen LogP contribution in [0.15, 0.2) is 24.4 Å². The summed E-state index contributed by atoms with van der Waals surface area (Å²) in [6.45, 7) is 1.78. The second kappa shape index (κ2) is 7.58. The Morgan fingerprint density at radius 3 is 2.96 bits per heavy atom. The van der Waals surface area contributed by atoms with E-state index in [-0.39, 0.29) is 5.91 Å². The molecule has 4 rings (SSSR count). The van der Waals surface area contributed by atoms with Gasteiger partial charge in [-0.2, -0.15) is 0 Å². The average molecular weight is 357 g/mol. The number of carbonyl (C=O) groups excluding carboxylic acids is 1. The van der Waals surface area contributed by atoms with Gasteiger partial charge in [0.2, 0.25) is 11.0 Å². The fourth-order valence-electron chi connectivity index (χ4n) is 3.37. The molecule has 1 amide bonds. The second-order valence-electron chi connectivity index (χ2n) is 6.82. The molecule has 7 heteroatoms. The molecule has 0 spiro atoms. The third-order valence-electron chi connectivity index (χ3n) is 4.88. The lowest BCUT2D eigenvalue weighted by molar-refractivity contribution is -0.116. The number of hydrogen-bond acceptors (Lipinski definition) is 6. The van der Waals surface area contributed by atoms with Crippen molar-refractivity contribution < 1.29 is 4.79 Å². The first kappa shape index (κ1) is 16.6. The first-order valence-corrected chi connectivity index (χ1v) is 9.89. The average Bonchev–Trinajstić information content (AvgIpc) is 3.41. The van der Waals surface area contributed by atoms with Crippen molar-refractivity contribution in [2.45, 2.75) is 50.5 Å². The van der Waals surface area contributed by atoms with Crippen LogP contribution in [0.1, 0.15) is 61.2 Å². The third kappa shape index (κ3) is 4.22. The number of hydrogen-bond donors (Lipinski definition) is 1. The molecule has 2 aliphatic rings. The molecule has 1 saturated heterocycles. The molecule has 1 atom stereocenters. The SMILES string of the molecule is O=C(CCN1CCCC[C@H]1c1ccccn1)Nc1nnc(C2CC2)s1. The van der Waals surface area contributed by atoms with Gasteiger partial charge >= 0.3 is 0 Å². The topological polar surface area (TPSA) is 71.0 Å². The van der Waals surface area contributed by atoms with E-state index in [4.69, 9.17) is 0 Å². The lowest BCUT2D eigenvalue weighted by Crippen LogP contribution is -2.36. The van der Waals surface area contributed by atoms with Crippen LogP contribution < -0.4 is 5.32 Å². The Morgan fingerprint density at radius 2 is 2.16 bits per heavy atom. The van der Waals surface area contributed by atoms with Crippen molar-refractivity contribution in [3.8, 4) is 0 Å². The molecule has 1 aliphatic carbocycles. The highest BCUT2D eigenvalue weighted by molar-refractivity contribution is 7.15. The van der Waals surface area contributed by atoms with E-state index >= 15 is 0 Å². The van der Waals surface area contributed by atoms with Crippen molar-refractivity contribution in [3.05, 3.63) is 35.1 Å². The Morgan fingerprint density at radius 1 is 1.24 bits per heavy atom. The summed E-state index contributed by atoms with van der Waals surface area (Å²) in [5.41, 5.74) is 1.11. The Kier molecular flexibility index (Phi) is 5.03. The molecular weight excluding hydrogens is 334 g/mol.